The number of anilines is 2. The Hall–Kier alpha value is -2.22. The Morgan fingerprint density at radius 1 is 1.21 bits per heavy atom. The third-order valence-electron chi connectivity index (χ3n) is 4.28. The number of carboxylic acids is 1. The van der Waals surface area contributed by atoms with Gasteiger partial charge in [0, 0.05) is 16.6 Å². The average molecular weight is 349 g/mol. The van der Waals surface area contributed by atoms with Crippen LogP contribution in [-0.4, -0.2) is 34.8 Å². The summed E-state index contributed by atoms with van der Waals surface area (Å²) in [4.78, 5) is 35.4. The minimum absolute atomic E-state index is 0.00603. The molecule has 24 heavy (non-hydrogen) atoms. The summed E-state index contributed by atoms with van der Waals surface area (Å²) in [5.74, 6) is -0.705. The van der Waals surface area contributed by atoms with Crippen LogP contribution in [0.25, 0.3) is 0 Å². The maximum atomic E-state index is 12.1. The minimum atomic E-state index is -0.758. The van der Waals surface area contributed by atoms with Crippen molar-refractivity contribution in [1.29, 1.82) is 0 Å². The summed E-state index contributed by atoms with van der Waals surface area (Å²) in [5, 5.41) is 17.4. The highest BCUT2D eigenvalue weighted by Crippen LogP contribution is 2.33. The van der Waals surface area contributed by atoms with E-state index < -0.39 is 5.97 Å². The van der Waals surface area contributed by atoms with Gasteiger partial charge in [-0.25, -0.2) is 4.79 Å². The molecule has 0 bridgehead atoms. The summed E-state index contributed by atoms with van der Waals surface area (Å²) < 4.78 is 0. The van der Waals surface area contributed by atoms with Crippen LogP contribution in [0.5, 0.6) is 0 Å². The number of carboxylic acid groups (broad SMARTS) is 1. The fourth-order valence-electron chi connectivity index (χ4n) is 3.00. The molecule has 7 nitrogen and oxygen atoms in total. The van der Waals surface area contributed by atoms with Crippen molar-refractivity contribution in [2.75, 3.05) is 16.4 Å². The van der Waals surface area contributed by atoms with Crippen LogP contribution in [0, 0.1) is 5.92 Å². The largest absolute Gasteiger partial charge is 0.481 e. The quantitative estimate of drug-likeness (QED) is 0.671. The van der Waals surface area contributed by atoms with Gasteiger partial charge >= 0.3 is 12.0 Å². The normalized spacial score (nSPS) is 22.9. The molecule has 8 heteroatoms. The Bertz CT molecular complexity index is 671. The number of benzene rings is 1. The molecule has 128 valence electrons. The number of rotatable bonds is 3. The van der Waals surface area contributed by atoms with Crippen molar-refractivity contribution in [2.24, 2.45) is 5.92 Å². The van der Waals surface area contributed by atoms with Crippen LogP contribution < -0.4 is 16.0 Å². The number of aliphatic carboxylic acids is 1. The van der Waals surface area contributed by atoms with Gasteiger partial charge in [0.1, 0.15) is 0 Å². The van der Waals surface area contributed by atoms with Crippen molar-refractivity contribution in [3.8, 4) is 0 Å². The van der Waals surface area contributed by atoms with Crippen LogP contribution in [0.2, 0.25) is 0 Å². The maximum Gasteiger partial charge on any atom is 0.319 e. The molecular weight excluding hydrogens is 330 g/mol. The zero-order valence-corrected chi connectivity index (χ0v) is 13.8. The number of fused-ring (bicyclic) bond motifs is 1. The van der Waals surface area contributed by atoms with Gasteiger partial charge in [-0.05, 0) is 43.9 Å². The van der Waals surface area contributed by atoms with Crippen molar-refractivity contribution < 1.29 is 19.5 Å². The summed E-state index contributed by atoms with van der Waals surface area (Å²) in [5.41, 5.74) is 1.31. The van der Waals surface area contributed by atoms with Gasteiger partial charge in [-0.15, -0.1) is 11.8 Å². The van der Waals surface area contributed by atoms with Crippen LogP contribution in [0.15, 0.2) is 23.1 Å². The molecule has 0 unspecified atom stereocenters. The lowest BCUT2D eigenvalue weighted by Gasteiger charge is -2.27. The Balaban J connectivity index is 1.53. The fraction of sp³-hybridized carbons (Fsp3) is 0.438. The van der Waals surface area contributed by atoms with E-state index in [1.54, 1.807) is 12.1 Å². The molecule has 0 saturated heterocycles. The predicted molar refractivity (Wildman–Crippen MR) is 91.3 cm³/mol. The smallest absolute Gasteiger partial charge is 0.319 e. The summed E-state index contributed by atoms with van der Waals surface area (Å²) >= 11 is 1.47. The lowest BCUT2D eigenvalue weighted by molar-refractivity contribution is -0.142. The average Bonchev–Trinajstić information content (AvgIpc) is 2.54. The zero-order valence-electron chi connectivity index (χ0n) is 13.0. The number of urea groups is 1. The number of amides is 3. The summed E-state index contributed by atoms with van der Waals surface area (Å²) in [6, 6.07) is 5.08. The second kappa shape index (κ2) is 7.12. The third-order valence-corrected chi connectivity index (χ3v) is 5.36. The van der Waals surface area contributed by atoms with Crippen molar-refractivity contribution in [1.82, 2.24) is 5.32 Å². The van der Waals surface area contributed by atoms with Gasteiger partial charge in [0.05, 0.1) is 17.4 Å². The molecule has 1 fully saturated rings. The molecule has 1 aliphatic heterocycles. The topological polar surface area (TPSA) is 108 Å². The predicted octanol–water partition coefficient (Wildman–Crippen LogP) is 2.50. The Kier molecular flexibility index (Phi) is 4.94. The first kappa shape index (κ1) is 16.6. The molecule has 0 spiro atoms. The highest BCUT2D eigenvalue weighted by Gasteiger charge is 2.26. The van der Waals surface area contributed by atoms with Crippen LogP contribution >= 0.6 is 11.8 Å². The summed E-state index contributed by atoms with van der Waals surface area (Å²) in [7, 11) is 0. The first-order valence-electron chi connectivity index (χ1n) is 7.88. The van der Waals surface area contributed by atoms with E-state index >= 15 is 0 Å². The van der Waals surface area contributed by atoms with Gasteiger partial charge in [0.2, 0.25) is 5.91 Å². The van der Waals surface area contributed by atoms with E-state index in [2.05, 4.69) is 16.0 Å². The molecule has 0 aromatic heterocycles. The van der Waals surface area contributed by atoms with Crippen LogP contribution in [-0.2, 0) is 9.59 Å². The fourth-order valence-corrected chi connectivity index (χ4v) is 3.79. The Labute approximate surface area is 143 Å². The molecule has 4 N–H and O–H groups in total. The summed E-state index contributed by atoms with van der Waals surface area (Å²) in [6.07, 6.45) is 2.51. The molecule has 1 heterocycles. The van der Waals surface area contributed by atoms with Gasteiger partial charge in [-0.2, -0.15) is 0 Å². The number of carbonyl (C=O) groups excluding carboxylic acids is 2. The monoisotopic (exact) mass is 349 g/mol. The first-order chi connectivity index (χ1) is 11.5. The van der Waals surface area contributed by atoms with Gasteiger partial charge in [0.25, 0.3) is 0 Å². The van der Waals surface area contributed by atoms with Crippen molar-refractivity contribution in [2.45, 2.75) is 36.6 Å². The van der Waals surface area contributed by atoms with Gasteiger partial charge in [-0.3, -0.25) is 9.59 Å². The van der Waals surface area contributed by atoms with Gasteiger partial charge < -0.3 is 21.1 Å². The number of hydrogen-bond acceptors (Lipinski definition) is 4. The van der Waals surface area contributed by atoms with E-state index in [0.717, 1.165) is 4.90 Å². The van der Waals surface area contributed by atoms with Crippen LogP contribution in [0.1, 0.15) is 25.7 Å². The number of carbonyl (C=O) groups is 3. The third kappa shape index (κ3) is 4.00. The molecule has 3 rings (SSSR count). The highest BCUT2D eigenvalue weighted by molar-refractivity contribution is 8.00. The highest BCUT2D eigenvalue weighted by atomic mass is 32.2. The van der Waals surface area contributed by atoms with Crippen LogP contribution in [0.4, 0.5) is 16.2 Å². The van der Waals surface area contributed by atoms with Gasteiger partial charge in [-0.1, -0.05) is 0 Å². The van der Waals surface area contributed by atoms with E-state index in [4.69, 9.17) is 5.11 Å². The molecular formula is C16H19N3O4S. The molecule has 0 radical (unpaired) electrons. The van der Waals surface area contributed by atoms with Crippen molar-refractivity contribution in [3.63, 3.8) is 0 Å². The Morgan fingerprint density at radius 3 is 2.67 bits per heavy atom. The maximum absolute atomic E-state index is 12.1. The second-order valence-electron chi connectivity index (χ2n) is 6.03. The van der Waals surface area contributed by atoms with Crippen molar-refractivity contribution in [3.05, 3.63) is 18.2 Å². The van der Waals surface area contributed by atoms with E-state index in [9.17, 15) is 14.4 Å². The minimum Gasteiger partial charge on any atom is -0.481 e. The molecule has 2 aliphatic rings. The van der Waals surface area contributed by atoms with Crippen LogP contribution in [0.3, 0.4) is 0 Å². The lowest BCUT2D eigenvalue weighted by Crippen LogP contribution is -2.41. The number of thioether (sulfide) groups is 1. The SMILES string of the molecule is O=C1CSc2ccc(NC(=O)NC3CCC(C(=O)O)CC3)cc2N1. The second-order valence-corrected chi connectivity index (χ2v) is 7.05. The summed E-state index contributed by atoms with van der Waals surface area (Å²) in [6.45, 7) is 0. The van der Waals surface area contributed by atoms with E-state index in [-0.39, 0.29) is 23.9 Å². The molecule has 1 saturated carbocycles. The van der Waals surface area contributed by atoms with Gasteiger partial charge in [0.15, 0.2) is 0 Å². The van der Waals surface area contributed by atoms with Crippen molar-refractivity contribution >= 4 is 41.0 Å². The molecule has 1 aromatic rings. The number of nitrogens with one attached hydrogen (secondary N) is 3. The standard InChI is InChI=1S/C16H19N3O4S/c20-14-8-24-13-6-5-11(7-12(13)19-14)18-16(23)17-10-3-1-9(2-4-10)15(21)22/h5-7,9-10H,1-4,8H2,(H,19,20)(H,21,22)(H2,17,18,23). The number of hydrogen-bond donors (Lipinski definition) is 4. The molecule has 1 aromatic carbocycles. The zero-order chi connectivity index (χ0) is 17.1. The van der Waals surface area contributed by atoms with E-state index in [1.165, 1.54) is 11.8 Å². The van der Waals surface area contributed by atoms with E-state index in [1.807, 2.05) is 6.07 Å². The first-order valence-corrected chi connectivity index (χ1v) is 8.87. The van der Waals surface area contributed by atoms with E-state index in [0.29, 0.717) is 42.8 Å². The Morgan fingerprint density at radius 2 is 1.96 bits per heavy atom. The molecule has 0 atom stereocenters. The molecule has 3 amide bonds. The lowest BCUT2D eigenvalue weighted by atomic mass is 9.86. The molecule has 1 aliphatic carbocycles.